The van der Waals surface area contributed by atoms with Crippen LogP contribution in [-0.4, -0.2) is 64.6 Å². The first-order valence-corrected chi connectivity index (χ1v) is 13.5. The van der Waals surface area contributed by atoms with Crippen LogP contribution in [0, 0.1) is 17.2 Å². The van der Waals surface area contributed by atoms with Crippen LogP contribution in [0.5, 0.6) is 6.01 Å². The monoisotopic (exact) mass is 512 g/mol. The first-order chi connectivity index (χ1) is 18.0. The van der Waals surface area contributed by atoms with Gasteiger partial charge in [-0.3, -0.25) is 14.5 Å². The van der Waals surface area contributed by atoms with Gasteiger partial charge in [-0.15, -0.1) is 0 Å². The molecule has 1 saturated carbocycles. The molecule has 202 valence electrons. The summed E-state index contributed by atoms with van der Waals surface area (Å²) >= 11 is 0. The SMILES string of the molecule is CCCCOc1nc(N)c2c(n1)C(CCCCCN1CCCC1C(=O)NCC1CC1)=C(C#N)C2.O=CO. The van der Waals surface area contributed by atoms with Gasteiger partial charge < -0.3 is 20.9 Å². The molecule has 2 fully saturated rings. The molecule has 4 rings (SSSR count). The van der Waals surface area contributed by atoms with E-state index in [4.69, 9.17) is 20.4 Å². The van der Waals surface area contributed by atoms with E-state index in [9.17, 15) is 10.1 Å². The van der Waals surface area contributed by atoms with Crippen molar-refractivity contribution in [3.05, 3.63) is 16.8 Å². The Hall–Kier alpha value is -3.19. The number of rotatable bonds is 13. The van der Waals surface area contributed by atoms with E-state index in [0.717, 1.165) is 93.4 Å². The number of hydrogen-bond donors (Lipinski definition) is 3. The summed E-state index contributed by atoms with van der Waals surface area (Å²) in [5, 5.41) is 19.7. The third-order valence-electron chi connectivity index (χ3n) is 7.19. The number of carbonyl (C=O) groups excluding carboxylic acids is 1. The van der Waals surface area contributed by atoms with Gasteiger partial charge >= 0.3 is 6.01 Å². The molecule has 0 bridgehead atoms. The molecule has 0 radical (unpaired) electrons. The van der Waals surface area contributed by atoms with Crippen molar-refractivity contribution < 1.29 is 19.4 Å². The number of nitriles is 1. The predicted octanol–water partition coefficient (Wildman–Crippen LogP) is 3.32. The van der Waals surface area contributed by atoms with Gasteiger partial charge in [-0.1, -0.05) is 19.8 Å². The van der Waals surface area contributed by atoms with Gasteiger partial charge in [0.2, 0.25) is 5.91 Å². The molecule has 1 amide bonds. The summed E-state index contributed by atoms with van der Waals surface area (Å²) in [4.78, 5) is 32.2. The minimum atomic E-state index is -0.250. The fourth-order valence-corrected chi connectivity index (χ4v) is 4.95. The average molecular weight is 513 g/mol. The van der Waals surface area contributed by atoms with E-state index in [1.54, 1.807) is 0 Å². The summed E-state index contributed by atoms with van der Waals surface area (Å²) < 4.78 is 5.69. The van der Waals surface area contributed by atoms with Crippen LogP contribution in [-0.2, 0) is 16.0 Å². The second kappa shape index (κ2) is 14.5. The van der Waals surface area contributed by atoms with E-state index in [2.05, 4.69) is 33.2 Å². The third kappa shape index (κ3) is 8.15. The molecule has 2 aliphatic carbocycles. The molecule has 1 unspecified atom stereocenters. The third-order valence-corrected chi connectivity index (χ3v) is 7.19. The van der Waals surface area contributed by atoms with Crippen LogP contribution in [0.3, 0.4) is 0 Å². The highest BCUT2D eigenvalue weighted by Crippen LogP contribution is 2.38. The van der Waals surface area contributed by atoms with Crippen molar-refractivity contribution in [1.29, 1.82) is 5.26 Å². The zero-order valence-corrected chi connectivity index (χ0v) is 21.9. The van der Waals surface area contributed by atoms with Crippen LogP contribution in [0.1, 0.15) is 82.4 Å². The summed E-state index contributed by atoms with van der Waals surface area (Å²) in [5.74, 6) is 1.34. The van der Waals surface area contributed by atoms with E-state index in [1.807, 2.05) is 0 Å². The fourth-order valence-electron chi connectivity index (χ4n) is 4.95. The standard InChI is InChI=1S/C26H38N6O2.CH2O2/c1-2-3-14-34-26-30-23-20(19(16-27)15-21(23)24(28)31-26)8-5-4-6-12-32-13-7-9-22(32)25(33)29-17-18-10-11-18;2-1-3/h18,22H,2-15,17H2,1H3,(H,29,33)(H2,28,30,31);1H,(H,2,3). The molecular weight excluding hydrogens is 472 g/mol. The lowest BCUT2D eigenvalue weighted by Crippen LogP contribution is -2.44. The number of fused-ring (bicyclic) bond motifs is 1. The number of carbonyl (C=O) groups is 2. The van der Waals surface area contributed by atoms with Crippen molar-refractivity contribution in [2.24, 2.45) is 5.92 Å². The minimum absolute atomic E-state index is 0.0409. The zero-order chi connectivity index (χ0) is 26.6. The highest BCUT2D eigenvalue weighted by Gasteiger charge is 2.31. The van der Waals surface area contributed by atoms with Crippen molar-refractivity contribution in [3.8, 4) is 12.1 Å². The molecule has 1 aromatic rings. The number of hydrogen-bond acceptors (Lipinski definition) is 8. The number of nitrogen functional groups attached to an aromatic ring is 1. The van der Waals surface area contributed by atoms with E-state index in [-0.39, 0.29) is 18.4 Å². The number of nitrogens with zero attached hydrogens (tertiary/aromatic N) is 4. The molecule has 1 saturated heterocycles. The number of likely N-dealkylation sites (tertiary alicyclic amines) is 1. The summed E-state index contributed by atoms with van der Waals surface area (Å²) in [6.45, 7) is 5.23. The van der Waals surface area contributed by atoms with Gasteiger partial charge in [0.1, 0.15) is 5.82 Å². The maximum atomic E-state index is 12.6. The Morgan fingerprint density at radius 2 is 2.05 bits per heavy atom. The molecule has 0 spiro atoms. The van der Waals surface area contributed by atoms with Crippen LogP contribution in [0.25, 0.3) is 5.57 Å². The van der Waals surface area contributed by atoms with Gasteiger partial charge in [0.25, 0.3) is 6.47 Å². The van der Waals surface area contributed by atoms with Crippen LogP contribution < -0.4 is 15.8 Å². The second-order valence-electron chi connectivity index (χ2n) is 9.96. The summed E-state index contributed by atoms with van der Waals surface area (Å²) in [5.41, 5.74) is 9.56. The zero-order valence-electron chi connectivity index (χ0n) is 21.9. The normalized spacial score (nSPS) is 18.5. The van der Waals surface area contributed by atoms with Gasteiger partial charge in [0.15, 0.2) is 0 Å². The van der Waals surface area contributed by atoms with Crippen LogP contribution in [0.15, 0.2) is 5.57 Å². The Bertz CT molecular complexity index is 1000. The summed E-state index contributed by atoms with van der Waals surface area (Å²) in [6.07, 6.45) is 10.9. The van der Waals surface area contributed by atoms with E-state index >= 15 is 0 Å². The van der Waals surface area contributed by atoms with Crippen molar-refractivity contribution in [1.82, 2.24) is 20.2 Å². The van der Waals surface area contributed by atoms with Crippen molar-refractivity contribution in [2.45, 2.75) is 83.6 Å². The molecule has 37 heavy (non-hydrogen) atoms. The summed E-state index contributed by atoms with van der Waals surface area (Å²) in [7, 11) is 0. The number of amides is 1. The average Bonchev–Trinajstić information content (AvgIpc) is 3.48. The smallest absolute Gasteiger partial charge is 0.318 e. The van der Waals surface area contributed by atoms with Crippen molar-refractivity contribution in [2.75, 3.05) is 32.0 Å². The molecule has 10 heteroatoms. The number of ether oxygens (including phenoxy) is 1. The Labute approximate surface area is 219 Å². The molecule has 2 heterocycles. The number of nitrogens with two attached hydrogens (primary N) is 1. The Kier molecular flexibility index (Phi) is 11.1. The topological polar surface area (TPSA) is 154 Å². The number of aromatic nitrogens is 2. The Morgan fingerprint density at radius 1 is 1.27 bits per heavy atom. The van der Waals surface area contributed by atoms with Gasteiger partial charge in [-0.25, -0.2) is 0 Å². The molecule has 10 nitrogen and oxygen atoms in total. The van der Waals surface area contributed by atoms with Gasteiger partial charge in [-0.05, 0) is 75.9 Å². The lowest BCUT2D eigenvalue weighted by molar-refractivity contribution is -0.125. The van der Waals surface area contributed by atoms with Crippen molar-refractivity contribution >= 4 is 23.8 Å². The first kappa shape index (κ1) is 28.4. The second-order valence-corrected chi connectivity index (χ2v) is 9.96. The molecule has 1 atom stereocenters. The fraction of sp³-hybridized carbons (Fsp3) is 0.667. The Balaban J connectivity index is 0.00000121. The lowest BCUT2D eigenvalue weighted by atomic mass is 10.0. The minimum Gasteiger partial charge on any atom is -0.483 e. The van der Waals surface area contributed by atoms with Crippen molar-refractivity contribution in [3.63, 3.8) is 0 Å². The van der Waals surface area contributed by atoms with Gasteiger partial charge in [-0.2, -0.15) is 15.2 Å². The summed E-state index contributed by atoms with van der Waals surface area (Å²) in [6, 6.07) is 2.70. The lowest BCUT2D eigenvalue weighted by Gasteiger charge is -2.23. The molecule has 1 aliphatic heterocycles. The van der Waals surface area contributed by atoms with Gasteiger partial charge in [0, 0.05) is 24.1 Å². The molecule has 4 N–H and O–H groups in total. The Morgan fingerprint density at radius 3 is 2.76 bits per heavy atom. The number of anilines is 1. The number of allylic oxidation sites excluding steroid dienone is 2. The number of nitrogens with one attached hydrogen (secondary N) is 1. The van der Waals surface area contributed by atoms with E-state index in [1.165, 1.54) is 12.8 Å². The van der Waals surface area contributed by atoms with Crippen LogP contribution >= 0.6 is 0 Å². The van der Waals surface area contributed by atoms with Crippen LogP contribution in [0.2, 0.25) is 0 Å². The maximum absolute atomic E-state index is 12.6. The van der Waals surface area contributed by atoms with E-state index < -0.39 is 0 Å². The first-order valence-electron chi connectivity index (χ1n) is 13.5. The molecule has 1 aromatic heterocycles. The molecule has 0 aromatic carbocycles. The van der Waals surface area contributed by atoms with E-state index in [0.29, 0.717) is 30.8 Å². The van der Waals surface area contributed by atoms with Gasteiger partial charge in [0.05, 0.1) is 24.4 Å². The predicted molar refractivity (Wildman–Crippen MR) is 141 cm³/mol. The highest BCUT2D eigenvalue weighted by atomic mass is 16.5. The quantitative estimate of drug-likeness (QED) is 0.267. The largest absolute Gasteiger partial charge is 0.483 e. The maximum Gasteiger partial charge on any atom is 0.318 e. The number of unbranched alkanes of at least 4 members (excludes halogenated alkanes) is 3. The molecular formula is C27H40N6O4. The number of carboxylic acid groups (broad SMARTS) is 1. The van der Waals surface area contributed by atoms with Crippen LogP contribution in [0.4, 0.5) is 5.82 Å². The molecule has 3 aliphatic rings. The highest BCUT2D eigenvalue weighted by molar-refractivity contribution is 5.82.